The molecule has 1 fully saturated rings. The molecule has 1 N–H and O–H groups in total. The number of carbonyl (C=O) groups is 2. The maximum atomic E-state index is 12.4. The molecule has 1 atom stereocenters. The molecular weight excluding hydrogens is 342 g/mol. The van der Waals surface area contributed by atoms with Crippen LogP contribution in [0.25, 0.3) is 11.0 Å². The summed E-state index contributed by atoms with van der Waals surface area (Å²) >= 11 is 0. The number of nitrogens with zero attached hydrogens (tertiary/aromatic N) is 4. The van der Waals surface area contributed by atoms with E-state index in [0.29, 0.717) is 36.6 Å². The average molecular weight is 369 g/mol. The molecule has 1 unspecified atom stereocenters. The van der Waals surface area contributed by atoms with Gasteiger partial charge in [0.2, 0.25) is 5.91 Å². The molecule has 1 aliphatic heterocycles. The number of amides is 2. The highest BCUT2D eigenvalue weighted by Gasteiger charge is 2.20. The fraction of sp³-hybridized carbons (Fsp3) is 0.500. The quantitative estimate of drug-likeness (QED) is 0.873. The molecule has 27 heavy (non-hydrogen) atoms. The molecule has 144 valence electrons. The zero-order valence-corrected chi connectivity index (χ0v) is 16.2. The Hall–Kier alpha value is -2.70. The Morgan fingerprint density at radius 3 is 2.59 bits per heavy atom. The fourth-order valence-corrected chi connectivity index (χ4v) is 3.06. The molecule has 2 heterocycles. The van der Waals surface area contributed by atoms with Gasteiger partial charge in [0.15, 0.2) is 0 Å². The summed E-state index contributed by atoms with van der Waals surface area (Å²) in [5, 5.41) is 2.97. The predicted molar refractivity (Wildman–Crippen MR) is 106 cm³/mol. The third kappa shape index (κ3) is 4.53. The Labute approximate surface area is 159 Å². The van der Waals surface area contributed by atoms with E-state index in [-0.39, 0.29) is 11.8 Å². The van der Waals surface area contributed by atoms with Gasteiger partial charge in [-0.05, 0) is 24.1 Å². The molecule has 1 aromatic carbocycles. The van der Waals surface area contributed by atoms with Crippen molar-refractivity contribution in [1.29, 1.82) is 0 Å². The van der Waals surface area contributed by atoms with Gasteiger partial charge in [-0.2, -0.15) is 0 Å². The number of fused-ring (bicyclic) bond motifs is 1. The SMILES string of the molecule is CCC(C)CNC(=O)c1ccc2ncc(N3CCN(C(C)=O)CC3)nc2c1. The van der Waals surface area contributed by atoms with E-state index >= 15 is 0 Å². The standard InChI is InChI=1S/C20H27N5O2/c1-4-14(2)12-22-20(27)16-5-6-17-18(11-16)23-19(13-21-17)25-9-7-24(8-10-25)15(3)26/h5-6,11,13-14H,4,7-10,12H2,1-3H3,(H,22,27). The normalized spacial score (nSPS) is 15.7. The molecule has 3 rings (SSSR count). The van der Waals surface area contributed by atoms with Crippen LogP contribution in [0.2, 0.25) is 0 Å². The van der Waals surface area contributed by atoms with E-state index in [1.807, 2.05) is 11.0 Å². The minimum atomic E-state index is -0.0838. The highest BCUT2D eigenvalue weighted by molar-refractivity contribution is 5.97. The van der Waals surface area contributed by atoms with Crippen LogP contribution in [0.5, 0.6) is 0 Å². The highest BCUT2D eigenvalue weighted by atomic mass is 16.2. The molecular formula is C20H27N5O2. The monoisotopic (exact) mass is 369 g/mol. The molecule has 1 aromatic heterocycles. The van der Waals surface area contributed by atoms with Crippen LogP contribution in [0.1, 0.15) is 37.6 Å². The van der Waals surface area contributed by atoms with E-state index < -0.39 is 0 Å². The molecule has 2 aromatic rings. The zero-order valence-electron chi connectivity index (χ0n) is 16.2. The van der Waals surface area contributed by atoms with Crippen molar-refractivity contribution in [3.8, 4) is 0 Å². The molecule has 0 aliphatic carbocycles. The Balaban J connectivity index is 1.74. The first-order chi connectivity index (χ1) is 13.0. The molecule has 2 amide bonds. The Bertz CT molecular complexity index is 830. The van der Waals surface area contributed by atoms with E-state index in [2.05, 4.69) is 29.0 Å². The number of anilines is 1. The van der Waals surface area contributed by atoms with Gasteiger partial charge in [-0.1, -0.05) is 20.3 Å². The summed E-state index contributed by atoms with van der Waals surface area (Å²) in [6.07, 6.45) is 2.79. The van der Waals surface area contributed by atoms with Gasteiger partial charge in [0, 0.05) is 45.2 Å². The number of nitrogens with one attached hydrogen (secondary N) is 1. The van der Waals surface area contributed by atoms with E-state index in [1.165, 1.54) is 0 Å². The van der Waals surface area contributed by atoms with Crippen LogP contribution in [-0.4, -0.2) is 59.4 Å². The van der Waals surface area contributed by atoms with Gasteiger partial charge in [-0.15, -0.1) is 0 Å². The highest BCUT2D eigenvalue weighted by Crippen LogP contribution is 2.18. The van der Waals surface area contributed by atoms with Gasteiger partial charge in [0.05, 0.1) is 17.2 Å². The smallest absolute Gasteiger partial charge is 0.251 e. The summed E-state index contributed by atoms with van der Waals surface area (Å²) in [5.41, 5.74) is 2.07. The number of carbonyl (C=O) groups excluding carboxylic acids is 2. The first-order valence-electron chi connectivity index (χ1n) is 9.53. The van der Waals surface area contributed by atoms with Crippen LogP contribution in [-0.2, 0) is 4.79 Å². The van der Waals surface area contributed by atoms with Crippen LogP contribution in [0.3, 0.4) is 0 Å². The summed E-state index contributed by atoms with van der Waals surface area (Å²) in [7, 11) is 0. The largest absolute Gasteiger partial charge is 0.352 e. The van der Waals surface area contributed by atoms with Gasteiger partial charge >= 0.3 is 0 Å². The van der Waals surface area contributed by atoms with Crippen molar-refractivity contribution in [3.05, 3.63) is 30.0 Å². The number of benzene rings is 1. The summed E-state index contributed by atoms with van der Waals surface area (Å²) in [4.78, 5) is 37.0. The lowest BCUT2D eigenvalue weighted by Crippen LogP contribution is -2.48. The minimum absolute atomic E-state index is 0.0838. The van der Waals surface area contributed by atoms with Gasteiger partial charge in [0.25, 0.3) is 5.91 Å². The number of hydrogen-bond donors (Lipinski definition) is 1. The zero-order chi connectivity index (χ0) is 19.4. The summed E-state index contributed by atoms with van der Waals surface area (Å²) in [5.74, 6) is 1.25. The second-order valence-electron chi connectivity index (χ2n) is 7.15. The van der Waals surface area contributed by atoms with Gasteiger partial charge in [0.1, 0.15) is 5.82 Å². The topological polar surface area (TPSA) is 78.4 Å². The molecule has 7 heteroatoms. The van der Waals surface area contributed by atoms with Crippen molar-refractivity contribution in [2.24, 2.45) is 5.92 Å². The minimum Gasteiger partial charge on any atom is -0.352 e. The third-order valence-electron chi connectivity index (χ3n) is 5.15. The van der Waals surface area contributed by atoms with Crippen molar-refractivity contribution in [1.82, 2.24) is 20.2 Å². The van der Waals surface area contributed by atoms with Crippen molar-refractivity contribution in [2.45, 2.75) is 27.2 Å². The third-order valence-corrected chi connectivity index (χ3v) is 5.15. The van der Waals surface area contributed by atoms with E-state index in [0.717, 1.165) is 30.8 Å². The average Bonchev–Trinajstić information content (AvgIpc) is 2.70. The fourth-order valence-electron chi connectivity index (χ4n) is 3.06. The van der Waals surface area contributed by atoms with Crippen LogP contribution in [0.4, 0.5) is 5.82 Å². The van der Waals surface area contributed by atoms with Crippen LogP contribution >= 0.6 is 0 Å². The maximum Gasteiger partial charge on any atom is 0.251 e. The Morgan fingerprint density at radius 1 is 1.19 bits per heavy atom. The van der Waals surface area contributed by atoms with Crippen molar-refractivity contribution < 1.29 is 9.59 Å². The first kappa shape index (κ1) is 19.1. The van der Waals surface area contributed by atoms with Crippen LogP contribution in [0, 0.1) is 5.92 Å². The van der Waals surface area contributed by atoms with E-state index in [9.17, 15) is 9.59 Å². The molecule has 0 bridgehead atoms. The number of rotatable bonds is 5. The molecule has 0 radical (unpaired) electrons. The van der Waals surface area contributed by atoms with Gasteiger partial charge in [-0.25, -0.2) is 4.98 Å². The number of piperazine rings is 1. The lowest BCUT2D eigenvalue weighted by molar-refractivity contribution is -0.129. The summed E-state index contributed by atoms with van der Waals surface area (Å²) < 4.78 is 0. The second-order valence-corrected chi connectivity index (χ2v) is 7.15. The number of aromatic nitrogens is 2. The molecule has 1 aliphatic rings. The van der Waals surface area contributed by atoms with Crippen molar-refractivity contribution >= 4 is 28.7 Å². The first-order valence-corrected chi connectivity index (χ1v) is 9.53. The Morgan fingerprint density at radius 2 is 1.93 bits per heavy atom. The van der Waals surface area contributed by atoms with Crippen molar-refractivity contribution in [3.63, 3.8) is 0 Å². The second kappa shape index (κ2) is 8.33. The van der Waals surface area contributed by atoms with Crippen molar-refractivity contribution in [2.75, 3.05) is 37.6 Å². The van der Waals surface area contributed by atoms with Crippen LogP contribution in [0.15, 0.2) is 24.4 Å². The van der Waals surface area contributed by atoms with E-state index in [4.69, 9.17) is 4.98 Å². The predicted octanol–water partition coefficient (Wildman–Crippen LogP) is 2.07. The number of hydrogen-bond acceptors (Lipinski definition) is 5. The van der Waals surface area contributed by atoms with E-state index in [1.54, 1.807) is 25.3 Å². The lowest BCUT2D eigenvalue weighted by atomic mass is 10.1. The molecule has 0 spiro atoms. The maximum absolute atomic E-state index is 12.4. The molecule has 0 saturated carbocycles. The lowest BCUT2D eigenvalue weighted by Gasteiger charge is -2.34. The summed E-state index contributed by atoms with van der Waals surface area (Å²) in [6, 6.07) is 5.41. The van der Waals surface area contributed by atoms with Gasteiger partial charge in [-0.3, -0.25) is 14.6 Å². The van der Waals surface area contributed by atoms with Gasteiger partial charge < -0.3 is 15.1 Å². The van der Waals surface area contributed by atoms with Crippen LogP contribution < -0.4 is 10.2 Å². The Kier molecular flexibility index (Phi) is 5.88. The molecule has 7 nitrogen and oxygen atoms in total. The molecule has 1 saturated heterocycles. The summed E-state index contributed by atoms with van der Waals surface area (Å²) in [6.45, 7) is 9.33.